The summed E-state index contributed by atoms with van der Waals surface area (Å²) in [7, 11) is 0. The summed E-state index contributed by atoms with van der Waals surface area (Å²) in [6.07, 6.45) is 4.93. The summed E-state index contributed by atoms with van der Waals surface area (Å²) >= 11 is 1.74. The van der Waals surface area contributed by atoms with Crippen LogP contribution in [0.5, 0.6) is 0 Å². The maximum atomic E-state index is 4.56. The molecule has 0 bridgehead atoms. The summed E-state index contributed by atoms with van der Waals surface area (Å²) in [4.78, 5) is 17.0. The van der Waals surface area contributed by atoms with Crippen molar-refractivity contribution >= 4 is 11.3 Å². The van der Waals surface area contributed by atoms with Gasteiger partial charge in [0.25, 0.3) is 0 Å². The van der Waals surface area contributed by atoms with Crippen LogP contribution in [0.15, 0.2) is 17.8 Å². The molecule has 0 radical (unpaired) electrons. The van der Waals surface area contributed by atoms with Crippen LogP contribution in [0.2, 0.25) is 0 Å². The molecule has 0 unspecified atom stereocenters. The van der Waals surface area contributed by atoms with Gasteiger partial charge in [0.1, 0.15) is 5.82 Å². The number of hydrogen-bond donors (Lipinski definition) is 1. The molecule has 1 aliphatic heterocycles. The van der Waals surface area contributed by atoms with Crippen molar-refractivity contribution in [1.29, 1.82) is 0 Å². The Hall–Kier alpha value is -1.24. The molecule has 0 aliphatic carbocycles. The largest absolute Gasteiger partial charge is 0.348 e. The minimum Gasteiger partial charge on any atom is -0.348 e. The van der Waals surface area contributed by atoms with E-state index in [9.17, 15) is 0 Å². The van der Waals surface area contributed by atoms with Crippen LogP contribution in [0.1, 0.15) is 22.9 Å². The summed E-state index contributed by atoms with van der Waals surface area (Å²) in [6, 6.07) is 0. The maximum absolute atomic E-state index is 4.56. The Morgan fingerprint density at radius 1 is 1.20 bits per heavy atom. The number of rotatable bonds is 4. The maximum Gasteiger partial charge on any atom is 0.120 e. The lowest BCUT2D eigenvalue weighted by Gasteiger charge is -2.20. The fourth-order valence-electron chi connectivity index (χ4n) is 2.65. The van der Waals surface area contributed by atoms with Crippen molar-refractivity contribution in [2.75, 3.05) is 26.2 Å². The standard InChI is InChI=1S/C14H21N5S/c1-12-17-13(11-20-12)9-18-5-2-6-19(8-7-18)10-14-15-3-4-16-14/h3-4,11H,2,5-10H2,1H3,(H,15,16). The fourth-order valence-corrected chi connectivity index (χ4v) is 3.25. The highest BCUT2D eigenvalue weighted by Crippen LogP contribution is 2.13. The van der Waals surface area contributed by atoms with Crippen molar-refractivity contribution in [2.45, 2.75) is 26.4 Å². The van der Waals surface area contributed by atoms with Crippen molar-refractivity contribution in [3.63, 3.8) is 0 Å². The number of thiazole rings is 1. The van der Waals surface area contributed by atoms with E-state index in [1.807, 2.05) is 12.4 Å². The van der Waals surface area contributed by atoms with Crippen LogP contribution in [0, 0.1) is 6.92 Å². The number of nitrogens with zero attached hydrogens (tertiary/aromatic N) is 4. The molecule has 0 atom stereocenters. The molecule has 0 aromatic carbocycles. The van der Waals surface area contributed by atoms with E-state index in [2.05, 4.69) is 37.1 Å². The van der Waals surface area contributed by atoms with Gasteiger partial charge in [-0.3, -0.25) is 9.80 Å². The zero-order chi connectivity index (χ0) is 13.8. The number of hydrogen-bond acceptors (Lipinski definition) is 5. The van der Waals surface area contributed by atoms with Crippen LogP contribution < -0.4 is 0 Å². The Labute approximate surface area is 123 Å². The quantitative estimate of drug-likeness (QED) is 0.934. The summed E-state index contributed by atoms with van der Waals surface area (Å²) in [6.45, 7) is 8.50. The lowest BCUT2D eigenvalue weighted by Crippen LogP contribution is -2.30. The first-order chi connectivity index (χ1) is 9.79. The summed E-state index contributed by atoms with van der Waals surface area (Å²) in [5.41, 5.74) is 1.21. The number of aryl methyl sites for hydroxylation is 1. The highest BCUT2D eigenvalue weighted by Gasteiger charge is 2.16. The molecule has 1 fully saturated rings. The van der Waals surface area contributed by atoms with E-state index >= 15 is 0 Å². The van der Waals surface area contributed by atoms with Crippen LogP contribution in [0.25, 0.3) is 0 Å². The predicted octanol–water partition coefficient (Wildman–Crippen LogP) is 1.88. The Morgan fingerprint density at radius 2 is 2.00 bits per heavy atom. The van der Waals surface area contributed by atoms with E-state index < -0.39 is 0 Å². The van der Waals surface area contributed by atoms with Crippen LogP contribution >= 0.6 is 11.3 Å². The Balaban J connectivity index is 1.51. The molecule has 1 saturated heterocycles. The van der Waals surface area contributed by atoms with Crippen LogP contribution in [-0.2, 0) is 13.1 Å². The van der Waals surface area contributed by atoms with E-state index in [1.54, 1.807) is 11.3 Å². The average molecular weight is 291 g/mol. The van der Waals surface area contributed by atoms with Crippen molar-refractivity contribution in [3.8, 4) is 0 Å². The molecular formula is C14H21N5S. The van der Waals surface area contributed by atoms with E-state index in [1.165, 1.54) is 12.1 Å². The van der Waals surface area contributed by atoms with Crippen molar-refractivity contribution in [3.05, 3.63) is 34.3 Å². The smallest absolute Gasteiger partial charge is 0.120 e. The topological polar surface area (TPSA) is 48.1 Å². The molecule has 0 amide bonds. The van der Waals surface area contributed by atoms with E-state index in [0.717, 1.165) is 50.1 Å². The molecule has 2 aromatic rings. The molecule has 1 N–H and O–H groups in total. The Morgan fingerprint density at radius 3 is 2.65 bits per heavy atom. The molecule has 0 saturated carbocycles. The van der Waals surface area contributed by atoms with Crippen LogP contribution in [-0.4, -0.2) is 50.9 Å². The minimum absolute atomic E-state index is 0.927. The first kappa shape index (κ1) is 13.7. The lowest BCUT2D eigenvalue weighted by molar-refractivity contribution is 0.243. The summed E-state index contributed by atoms with van der Waals surface area (Å²) in [5.74, 6) is 1.06. The van der Waals surface area contributed by atoms with Gasteiger partial charge < -0.3 is 4.98 Å². The molecule has 108 valence electrons. The van der Waals surface area contributed by atoms with Gasteiger partial charge in [-0.1, -0.05) is 0 Å². The highest BCUT2D eigenvalue weighted by atomic mass is 32.1. The van der Waals surface area contributed by atoms with Gasteiger partial charge in [0.05, 0.1) is 17.2 Å². The van der Waals surface area contributed by atoms with Crippen LogP contribution in [0.4, 0.5) is 0 Å². The second-order valence-electron chi connectivity index (χ2n) is 5.30. The van der Waals surface area contributed by atoms with Crippen LogP contribution in [0.3, 0.4) is 0 Å². The lowest BCUT2D eigenvalue weighted by atomic mass is 10.3. The first-order valence-electron chi connectivity index (χ1n) is 7.13. The number of imidazole rings is 1. The predicted molar refractivity (Wildman–Crippen MR) is 80.6 cm³/mol. The van der Waals surface area contributed by atoms with E-state index in [0.29, 0.717) is 0 Å². The first-order valence-corrected chi connectivity index (χ1v) is 8.01. The van der Waals surface area contributed by atoms with Gasteiger partial charge in [-0.05, 0) is 26.4 Å². The van der Waals surface area contributed by atoms with E-state index in [-0.39, 0.29) is 0 Å². The van der Waals surface area contributed by atoms with Crippen molar-refractivity contribution < 1.29 is 0 Å². The molecule has 3 rings (SSSR count). The molecule has 2 aromatic heterocycles. The normalized spacial score (nSPS) is 18.2. The number of aromatic nitrogens is 3. The van der Waals surface area contributed by atoms with Gasteiger partial charge in [-0.2, -0.15) is 0 Å². The summed E-state index contributed by atoms with van der Waals surface area (Å²) < 4.78 is 0. The fraction of sp³-hybridized carbons (Fsp3) is 0.571. The molecule has 3 heterocycles. The van der Waals surface area contributed by atoms with Gasteiger partial charge in [0, 0.05) is 37.4 Å². The number of aromatic amines is 1. The Bertz CT molecular complexity index is 521. The monoisotopic (exact) mass is 291 g/mol. The minimum atomic E-state index is 0.927. The zero-order valence-corrected chi connectivity index (χ0v) is 12.7. The molecule has 5 nitrogen and oxygen atoms in total. The third-order valence-electron chi connectivity index (χ3n) is 3.66. The van der Waals surface area contributed by atoms with Gasteiger partial charge in [-0.25, -0.2) is 9.97 Å². The second-order valence-corrected chi connectivity index (χ2v) is 6.36. The molecule has 6 heteroatoms. The second kappa shape index (κ2) is 6.47. The van der Waals surface area contributed by atoms with Gasteiger partial charge in [0.2, 0.25) is 0 Å². The molecular weight excluding hydrogens is 270 g/mol. The third kappa shape index (κ3) is 3.65. The van der Waals surface area contributed by atoms with Gasteiger partial charge in [0.15, 0.2) is 0 Å². The number of H-pyrrole nitrogens is 1. The molecule has 1 aliphatic rings. The van der Waals surface area contributed by atoms with Crippen molar-refractivity contribution in [2.24, 2.45) is 0 Å². The third-order valence-corrected chi connectivity index (χ3v) is 4.48. The molecule has 0 spiro atoms. The highest BCUT2D eigenvalue weighted by molar-refractivity contribution is 7.09. The number of nitrogens with one attached hydrogen (secondary N) is 1. The Kier molecular flexibility index (Phi) is 4.44. The summed E-state index contributed by atoms with van der Waals surface area (Å²) in [5, 5.41) is 3.34. The van der Waals surface area contributed by atoms with Gasteiger partial charge in [-0.15, -0.1) is 11.3 Å². The molecule has 20 heavy (non-hydrogen) atoms. The average Bonchev–Trinajstić information content (AvgIpc) is 3.01. The zero-order valence-electron chi connectivity index (χ0n) is 11.9. The van der Waals surface area contributed by atoms with E-state index in [4.69, 9.17) is 0 Å². The SMILES string of the molecule is Cc1nc(CN2CCCN(Cc3ncc[nH]3)CC2)cs1. The van der Waals surface area contributed by atoms with Gasteiger partial charge >= 0.3 is 0 Å². The van der Waals surface area contributed by atoms with Crippen molar-refractivity contribution in [1.82, 2.24) is 24.8 Å².